The highest BCUT2D eigenvalue weighted by Crippen LogP contribution is 2.38. The van der Waals surface area contributed by atoms with Crippen LogP contribution in [-0.2, 0) is 0 Å². The van der Waals surface area contributed by atoms with Crippen LogP contribution in [0.1, 0.15) is 41.4 Å². The maximum absolute atomic E-state index is 12.7. The van der Waals surface area contributed by atoms with Crippen molar-refractivity contribution in [2.24, 2.45) is 0 Å². The zero-order valence-corrected chi connectivity index (χ0v) is 18.3. The zero-order chi connectivity index (χ0) is 21.8. The number of hydrogen-bond acceptors (Lipinski definition) is 5. The minimum Gasteiger partial charge on any atom is -0.494 e. The molecule has 0 atom stereocenters. The molecule has 0 fully saturated rings. The summed E-state index contributed by atoms with van der Waals surface area (Å²) in [4.78, 5) is 12.7. The van der Waals surface area contributed by atoms with Gasteiger partial charge in [0.05, 0.1) is 14.2 Å². The minimum atomic E-state index is -0.459. The van der Waals surface area contributed by atoms with Crippen LogP contribution in [0.4, 0.5) is 5.69 Å². The molecule has 1 heterocycles. The molecule has 1 aromatic heterocycles. The largest absolute Gasteiger partial charge is 0.494 e. The first kappa shape index (κ1) is 21.6. The number of carbonyl (C=O) groups excluding carboxylic acids is 1. The predicted molar refractivity (Wildman–Crippen MR) is 117 cm³/mol. The number of halogens is 1. The fourth-order valence-electron chi connectivity index (χ4n) is 3.12. The van der Waals surface area contributed by atoms with Crippen LogP contribution >= 0.6 is 11.6 Å². The number of anilines is 1. The molecule has 0 aliphatic carbocycles. The lowest BCUT2D eigenvalue weighted by Gasteiger charge is -2.15. The third-order valence-corrected chi connectivity index (χ3v) is 4.81. The normalized spacial score (nSPS) is 10.8. The van der Waals surface area contributed by atoms with Gasteiger partial charge in [0.1, 0.15) is 22.9 Å². The monoisotopic (exact) mass is 429 g/mol. The van der Waals surface area contributed by atoms with E-state index in [1.54, 1.807) is 30.3 Å². The molecule has 0 bridgehead atoms. The average Bonchev–Trinajstić information content (AvgIpc) is 3.15. The maximum atomic E-state index is 12.7. The molecule has 1 N–H and O–H groups in total. The molecule has 0 saturated carbocycles. The van der Waals surface area contributed by atoms with E-state index in [0.717, 1.165) is 11.1 Å². The molecule has 2 aromatic carbocycles. The Morgan fingerprint density at radius 3 is 2.30 bits per heavy atom. The number of rotatable bonds is 7. The van der Waals surface area contributed by atoms with Crippen molar-refractivity contribution >= 4 is 23.2 Å². The summed E-state index contributed by atoms with van der Waals surface area (Å²) in [6.07, 6.45) is 0. The second-order valence-corrected chi connectivity index (χ2v) is 7.43. The van der Waals surface area contributed by atoms with E-state index in [-0.39, 0.29) is 17.6 Å². The number of methoxy groups -OCH3 is 2. The first-order chi connectivity index (χ1) is 14.3. The second kappa shape index (κ2) is 9.13. The molecule has 0 unspecified atom stereocenters. The number of benzene rings is 2. The standard InChI is InChI=1S/C23H24ClNO5/c1-13(2)21-15(24)11-14(3)12-19(21)30-20-10-9-18(29-20)23(26)25-22-16(27-4)7-6-8-17(22)28-5/h6-13H,1-5H3,(H,25,26). The molecule has 0 saturated heterocycles. The maximum Gasteiger partial charge on any atom is 0.291 e. The van der Waals surface area contributed by atoms with Crippen molar-refractivity contribution in [2.45, 2.75) is 26.7 Å². The summed E-state index contributed by atoms with van der Waals surface area (Å²) in [5.41, 5.74) is 2.26. The Hall–Kier alpha value is -3.12. The summed E-state index contributed by atoms with van der Waals surface area (Å²) in [6, 6.07) is 12.1. The molecule has 0 aliphatic rings. The average molecular weight is 430 g/mol. The third-order valence-electron chi connectivity index (χ3n) is 4.50. The van der Waals surface area contributed by atoms with Gasteiger partial charge in [0.15, 0.2) is 5.76 Å². The highest BCUT2D eigenvalue weighted by atomic mass is 35.5. The van der Waals surface area contributed by atoms with Crippen molar-refractivity contribution in [1.82, 2.24) is 0 Å². The van der Waals surface area contributed by atoms with E-state index in [2.05, 4.69) is 5.32 Å². The summed E-state index contributed by atoms with van der Waals surface area (Å²) in [5.74, 6) is 1.52. The summed E-state index contributed by atoms with van der Waals surface area (Å²) in [6.45, 7) is 6.00. The van der Waals surface area contributed by atoms with Crippen molar-refractivity contribution < 1.29 is 23.4 Å². The van der Waals surface area contributed by atoms with Gasteiger partial charge in [-0.05, 0) is 48.7 Å². The van der Waals surface area contributed by atoms with Crippen LogP contribution in [-0.4, -0.2) is 20.1 Å². The van der Waals surface area contributed by atoms with Crippen molar-refractivity contribution in [2.75, 3.05) is 19.5 Å². The van der Waals surface area contributed by atoms with Crippen LogP contribution in [0.25, 0.3) is 0 Å². The summed E-state index contributed by atoms with van der Waals surface area (Å²) >= 11 is 6.40. The lowest BCUT2D eigenvalue weighted by atomic mass is 10.0. The number of para-hydroxylation sites is 1. The molecular formula is C23H24ClNO5. The van der Waals surface area contributed by atoms with Crippen LogP contribution in [0.15, 0.2) is 46.9 Å². The number of hydrogen-bond donors (Lipinski definition) is 1. The molecule has 0 aliphatic heterocycles. The minimum absolute atomic E-state index is 0.0859. The molecule has 3 aromatic rings. The Bertz CT molecular complexity index is 1040. The predicted octanol–water partition coefficient (Wildman–Crippen LogP) is 6.43. The van der Waals surface area contributed by atoms with Crippen molar-refractivity contribution in [3.05, 3.63) is 64.4 Å². The van der Waals surface area contributed by atoms with Gasteiger partial charge < -0.3 is 23.9 Å². The highest BCUT2D eigenvalue weighted by molar-refractivity contribution is 6.31. The Balaban J connectivity index is 1.84. The Labute approximate surface area is 180 Å². The van der Waals surface area contributed by atoms with Crippen LogP contribution in [0, 0.1) is 6.92 Å². The number of amides is 1. The molecule has 1 amide bonds. The molecule has 0 radical (unpaired) electrons. The van der Waals surface area contributed by atoms with E-state index in [4.69, 9.17) is 30.2 Å². The van der Waals surface area contributed by atoms with Gasteiger partial charge in [0.2, 0.25) is 0 Å². The Morgan fingerprint density at radius 1 is 1.03 bits per heavy atom. The summed E-state index contributed by atoms with van der Waals surface area (Å²) < 4.78 is 22.2. The van der Waals surface area contributed by atoms with Crippen LogP contribution in [0.2, 0.25) is 5.02 Å². The molecular weight excluding hydrogens is 406 g/mol. The summed E-state index contributed by atoms with van der Waals surface area (Å²) in [5, 5.41) is 3.40. The Morgan fingerprint density at radius 2 is 1.70 bits per heavy atom. The molecule has 158 valence electrons. The SMILES string of the molecule is COc1cccc(OC)c1NC(=O)c1ccc(Oc2cc(C)cc(Cl)c2C(C)C)o1. The Kier molecular flexibility index (Phi) is 6.57. The topological polar surface area (TPSA) is 69.9 Å². The lowest BCUT2D eigenvalue weighted by molar-refractivity contribution is 0.0991. The van der Waals surface area contributed by atoms with Crippen molar-refractivity contribution in [3.8, 4) is 23.2 Å². The summed E-state index contributed by atoms with van der Waals surface area (Å²) in [7, 11) is 3.03. The second-order valence-electron chi connectivity index (χ2n) is 7.03. The van der Waals surface area contributed by atoms with Crippen LogP contribution in [0.3, 0.4) is 0 Å². The van der Waals surface area contributed by atoms with Gasteiger partial charge in [0.25, 0.3) is 11.9 Å². The number of carbonyl (C=O) groups is 1. The molecule has 7 heteroatoms. The highest BCUT2D eigenvalue weighted by Gasteiger charge is 2.19. The third kappa shape index (κ3) is 4.54. The van der Waals surface area contributed by atoms with Gasteiger partial charge in [0, 0.05) is 16.7 Å². The van der Waals surface area contributed by atoms with E-state index < -0.39 is 5.91 Å². The van der Waals surface area contributed by atoms with Crippen molar-refractivity contribution in [3.63, 3.8) is 0 Å². The number of furan rings is 1. The molecule has 6 nitrogen and oxygen atoms in total. The number of aryl methyl sites for hydroxylation is 1. The smallest absolute Gasteiger partial charge is 0.291 e. The van der Waals surface area contributed by atoms with E-state index in [1.165, 1.54) is 14.2 Å². The quantitative estimate of drug-likeness (QED) is 0.468. The zero-order valence-electron chi connectivity index (χ0n) is 17.5. The van der Waals surface area contributed by atoms with Gasteiger partial charge in [-0.15, -0.1) is 0 Å². The van der Waals surface area contributed by atoms with Gasteiger partial charge in [-0.3, -0.25) is 4.79 Å². The molecule has 3 rings (SSSR count). The number of ether oxygens (including phenoxy) is 3. The van der Waals surface area contributed by atoms with Gasteiger partial charge in [-0.25, -0.2) is 0 Å². The molecule has 0 spiro atoms. The fourth-order valence-corrected chi connectivity index (χ4v) is 3.60. The first-order valence-corrected chi connectivity index (χ1v) is 9.82. The van der Waals surface area contributed by atoms with E-state index in [9.17, 15) is 4.79 Å². The van der Waals surface area contributed by atoms with E-state index >= 15 is 0 Å². The lowest BCUT2D eigenvalue weighted by Crippen LogP contribution is -2.12. The van der Waals surface area contributed by atoms with Gasteiger partial charge >= 0.3 is 0 Å². The van der Waals surface area contributed by atoms with Crippen LogP contribution < -0.4 is 19.5 Å². The van der Waals surface area contributed by atoms with Crippen LogP contribution in [0.5, 0.6) is 23.2 Å². The van der Waals surface area contributed by atoms with Crippen molar-refractivity contribution in [1.29, 1.82) is 0 Å². The first-order valence-electron chi connectivity index (χ1n) is 9.44. The number of nitrogens with one attached hydrogen (secondary N) is 1. The van der Waals surface area contributed by atoms with E-state index in [1.807, 2.05) is 32.9 Å². The van der Waals surface area contributed by atoms with Gasteiger partial charge in [-0.1, -0.05) is 31.5 Å². The molecule has 30 heavy (non-hydrogen) atoms. The fraction of sp³-hybridized carbons (Fsp3) is 0.261. The van der Waals surface area contributed by atoms with E-state index in [0.29, 0.717) is 28.0 Å². The van der Waals surface area contributed by atoms with Gasteiger partial charge in [-0.2, -0.15) is 0 Å².